The van der Waals surface area contributed by atoms with Gasteiger partial charge in [-0.05, 0) is 71.3 Å². The van der Waals surface area contributed by atoms with Crippen LogP contribution in [0.3, 0.4) is 0 Å². The molecule has 3 aromatic rings. The van der Waals surface area contributed by atoms with Crippen LogP contribution in [-0.4, -0.2) is 80.3 Å². The minimum absolute atomic E-state index is 0.0213. The Bertz CT molecular complexity index is 1420. The molecule has 0 saturated heterocycles. The third kappa shape index (κ3) is 15.2. The Labute approximate surface area is 314 Å². The molecule has 2 atom stereocenters. The molecule has 2 unspecified atom stereocenters. The van der Waals surface area contributed by atoms with Crippen molar-refractivity contribution in [1.82, 2.24) is 0 Å². The van der Waals surface area contributed by atoms with E-state index in [9.17, 15) is 14.7 Å². The van der Waals surface area contributed by atoms with E-state index < -0.39 is 17.1 Å². The van der Waals surface area contributed by atoms with Crippen LogP contribution in [-0.2, 0) is 50.0 Å². The molecule has 0 spiro atoms. The molecule has 0 aliphatic rings. The zero-order valence-corrected chi connectivity index (χ0v) is 34.2. The van der Waals surface area contributed by atoms with E-state index in [1.807, 2.05) is 84.9 Å². The number of benzene rings is 3. The van der Waals surface area contributed by atoms with Crippen LogP contribution in [0, 0.1) is 0 Å². The van der Waals surface area contributed by atoms with Crippen LogP contribution < -0.4 is 0 Å². The molecule has 0 aliphatic heterocycles. The third-order valence-electron chi connectivity index (χ3n) is 8.80. The highest BCUT2D eigenvalue weighted by Crippen LogP contribution is 2.35. The van der Waals surface area contributed by atoms with Crippen LogP contribution in [0.1, 0.15) is 58.4 Å². The van der Waals surface area contributed by atoms with E-state index in [0.717, 1.165) is 52.6 Å². The van der Waals surface area contributed by atoms with Crippen molar-refractivity contribution < 1.29 is 41.9 Å². The van der Waals surface area contributed by atoms with E-state index >= 15 is 0 Å². The molecule has 1 N–H and O–H groups in total. The predicted molar refractivity (Wildman–Crippen MR) is 210 cm³/mol. The first kappa shape index (κ1) is 42.9. The van der Waals surface area contributed by atoms with Crippen LogP contribution in [0.25, 0.3) is 0 Å². The topological polar surface area (TPSA) is 110 Å². The summed E-state index contributed by atoms with van der Waals surface area (Å²) in [6.07, 6.45) is 2.13. The Morgan fingerprint density at radius 3 is 1.51 bits per heavy atom. The highest BCUT2D eigenvalue weighted by Gasteiger charge is 2.34. The highest BCUT2D eigenvalue weighted by atomic mass is 32.2. The summed E-state index contributed by atoms with van der Waals surface area (Å²) in [5.41, 5.74) is 3.81. The molecule has 0 radical (unpaired) electrons. The van der Waals surface area contributed by atoms with Crippen molar-refractivity contribution in [2.24, 2.45) is 0 Å². The lowest BCUT2D eigenvalue weighted by atomic mass is 10.1. The summed E-state index contributed by atoms with van der Waals surface area (Å²) in [4.78, 5) is 26.1. The first-order valence-corrected chi connectivity index (χ1v) is 24.1. The Morgan fingerprint density at radius 1 is 0.647 bits per heavy atom. The highest BCUT2D eigenvalue weighted by molar-refractivity contribution is 7.99. The van der Waals surface area contributed by atoms with E-state index in [1.165, 1.54) is 0 Å². The fourth-order valence-electron chi connectivity index (χ4n) is 5.41. The van der Waals surface area contributed by atoms with Crippen LogP contribution in [0.4, 0.5) is 0 Å². The van der Waals surface area contributed by atoms with Crippen molar-refractivity contribution in [2.75, 3.05) is 46.2 Å². The first-order valence-electron chi connectivity index (χ1n) is 17.2. The maximum Gasteiger partial charge on any atom is 0.364 e. The number of carbonyl (C=O) groups is 2. The maximum absolute atomic E-state index is 13.0. The number of thioether (sulfide) groups is 2. The number of rotatable bonds is 25. The summed E-state index contributed by atoms with van der Waals surface area (Å²) in [5.74, 6) is 1.11. The number of hydrogen-bond donors (Lipinski definition) is 1. The molecule has 0 saturated carbocycles. The second kappa shape index (κ2) is 23.3. The molecule has 3 rings (SSSR count). The molecule has 9 nitrogen and oxygen atoms in total. The van der Waals surface area contributed by atoms with E-state index in [4.69, 9.17) is 27.2 Å². The van der Waals surface area contributed by atoms with E-state index in [2.05, 4.69) is 6.55 Å². The lowest BCUT2D eigenvalue weighted by molar-refractivity contribution is -0.145. The second-order valence-electron chi connectivity index (χ2n) is 12.3. The Balaban J connectivity index is 1.50. The predicted octanol–water partition coefficient (Wildman–Crippen LogP) is 7.91. The minimum atomic E-state index is -2.59. The number of hydrogen-bond acceptors (Lipinski definition) is 11. The summed E-state index contributed by atoms with van der Waals surface area (Å²) in [5, 5.41) is 9.66. The Hall–Kier alpha value is -2.47. The molecule has 0 aliphatic carbocycles. The molecule has 280 valence electrons. The van der Waals surface area contributed by atoms with Crippen molar-refractivity contribution in [2.45, 2.75) is 68.0 Å². The molecule has 0 aromatic heterocycles. The molecule has 51 heavy (non-hydrogen) atoms. The number of aliphatic hydroxyl groups is 1. The van der Waals surface area contributed by atoms with Gasteiger partial charge in [-0.2, -0.15) is 23.5 Å². The summed E-state index contributed by atoms with van der Waals surface area (Å²) in [6.45, 7) is 2.32. The van der Waals surface area contributed by atoms with Crippen molar-refractivity contribution in [3.05, 3.63) is 107 Å². The van der Waals surface area contributed by atoms with E-state index in [0.29, 0.717) is 6.04 Å². The van der Waals surface area contributed by atoms with Gasteiger partial charge in [0.15, 0.2) is 0 Å². The van der Waals surface area contributed by atoms with E-state index in [1.54, 1.807) is 52.0 Å². The number of ether oxygens (including phenoxy) is 2. The maximum atomic E-state index is 13.0. The summed E-state index contributed by atoms with van der Waals surface area (Å²) >= 11 is 3.44. The van der Waals surface area contributed by atoms with Gasteiger partial charge in [0.25, 0.3) is 0 Å². The van der Waals surface area contributed by atoms with Gasteiger partial charge < -0.3 is 32.3 Å². The SMILES string of the molecule is CO[Si](C)(CCCSC(CC(=O)OCc1cccc(COC(=O)CC(SCCC[Si](CO)(OC)OC)c2ccccc2)c1)c1ccccc1)OC. The second-order valence-corrected chi connectivity index (χ2v) is 22.0. The Kier molecular flexibility index (Phi) is 19.6. The average molecular weight is 775 g/mol. The number of aliphatic hydroxyl groups excluding tert-OH is 1. The zero-order valence-electron chi connectivity index (χ0n) is 30.5. The lowest BCUT2D eigenvalue weighted by Crippen LogP contribution is -2.44. The monoisotopic (exact) mass is 774 g/mol. The zero-order chi connectivity index (χ0) is 37.0. The standard InChI is InChI=1S/C38H54O9S2Si2/c1-42-50(5,43-2)23-13-21-48-35(33-17-8-6-9-18-33)26-37(40)46-28-31-15-12-16-32(25-31)29-47-38(41)27-36(34-19-10-7-11-20-34)49-22-14-24-51(30-39,44-3)45-4/h6-12,15-20,25,35-36,39H,13-14,21-24,26-30H2,1-5H3. The molecule has 0 heterocycles. The van der Waals surface area contributed by atoms with Crippen LogP contribution in [0.2, 0.25) is 18.6 Å². The quantitative estimate of drug-likeness (QED) is 0.0515. The largest absolute Gasteiger partial charge is 0.461 e. The van der Waals surface area contributed by atoms with Gasteiger partial charge in [0.1, 0.15) is 13.2 Å². The average Bonchev–Trinajstić information content (AvgIpc) is 3.18. The molecule has 13 heteroatoms. The normalized spacial score (nSPS) is 13.1. The number of esters is 2. The minimum Gasteiger partial charge on any atom is -0.461 e. The fraction of sp³-hybridized carbons (Fsp3) is 0.474. The van der Waals surface area contributed by atoms with Gasteiger partial charge in [-0.3, -0.25) is 9.59 Å². The fourth-order valence-corrected chi connectivity index (χ4v) is 11.4. The number of carbonyl (C=O) groups excluding carboxylic acids is 2. The molecular weight excluding hydrogens is 721 g/mol. The van der Waals surface area contributed by atoms with Crippen molar-refractivity contribution in [1.29, 1.82) is 0 Å². The summed E-state index contributed by atoms with van der Waals surface area (Å²) in [7, 11) is 1.86. The molecule has 0 amide bonds. The lowest BCUT2D eigenvalue weighted by Gasteiger charge is -2.25. The smallest absolute Gasteiger partial charge is 0.364 e. The van der Waals surface area contributed by atoms with Crippen molar-refractivity contribution in [3.8, 4) is 0 Å². The van der Waals surface area contributed by atoms with E-state index in [-0.39, 0.29) is 54.7 Å². The molecule has 0 fully saturated rings. The molecule has 0 bridgehead atoms. The molecule has 3 aromatic carbocycles. The van der Waals surface area contributed by atoms with Crippen molar-refractivity contribution >= 4 is 52.6 Å². The first-order chi connectivity index (χ1) is 24.7. The Morgan fingerprint density at radius 2 is 1.10 bits per heavy atom. The van der Waals surface area contributed by atoms with Crippen LogP contribution >= 0.6 is 23.5 Å². The van der Waals surface area contributed by atoms with Gasteiger partial charge in [-0.1, -0.05) is 78.9 Å². The van der Waals surface area contributed by atoms with Crippen molar-refractivity contribution in [3.63, 3.8) is 0 Å². The van der Waals surface area contributed by atoms with Gasteiger partial charge in [-0.25, -0.2) is 0 Å². The van der Waals surface area contributed by atoms with Gasteiger partial charge in [-0.15, -0.1) is 0 Å². The van der Waals surface area contributed by atoms with Crippen LogP contribution in [0.15, 0.2) is 84.9 Å². The molecular formula is C38H54O9S2Si2. The van der Waals surface area contributed by atoms with Gasteiger partial charge in [0.05, 0.1) is 19.1 Å². The summed E-state index contributed by atoms with van der Waals surface area (Å²) < 4.78 is 33.7. The van der Waals surface area contributed by atoms with Crippen LogP contribution in [0.5, 0.6) is 0 Å². The third-order valence-corrected chi connectivity index (χ3v) is 17.6. The summed E-state index contributed by atoms with van der Waals surface area (Å²) in [6, 6.07) is 29.1. The van der Waals surface area contributed by atoms with Gasteiger partial charge >= 0.3 is 29.1 Å². The van der Waals surface area contributed by atoms with Gasteiger partial charge in [0.2, 0.25) is 0 Å². The van der Waals surface area contributed by atoms with Gasteiger partial charge in [0, 0.05) is 38.9 Å².